The number of nitrogens with zero attached hydrogens (tertiary/aromatic N) is 7. The van der Waals surface area contributed by atoms with E-state index in [0.717, 1.165) is 13.0 Å². The zero-order chi connectivity index (χ0) is 22.9. The minimum absolute atomic E-state index is 0.0444. The molecule has 0 radical (unpaired) electrons. The van der Waals surface area contributed by atoms with Crippen LogP contribution in [0.15, 0.2) is 18.3 Å². The summed E-state index contributed by atoms with van der Waals surface area (Å²) in [6, 6.07) is 3.89. The predicted molar refractivity (Wildman–Crippen MR) is 121 cm³/mol. The van der Waals surface area contributed by atoms with Crippen molar-refractivity contribution in [1.82, 2.24) is 35.3 Å². The first-order chi connectivity index (χ1) is 15.2. The quantitative estimate of drug-likeness (QED) is 0.599. The van der Waals surface area contributed by atoms with Crippen LogP contribution in [0.3, 0.4) is 0 Å². The van der Waals surface area contributed by atoms with Crippen LogP contribution < -0.4 is 15.0 Å². The number of carbonyl (C=O) groups excluding carboxylic acids is 1. The van der Waals surface area contributed by atoms with Crippen molar-refractivity contribution in [1.29, 1.82) is 0 Å². The molecule has 1 N–H and O–H groups in total. The SMILES string of the molecule is CC(=O)NC1CCN(c2nc(OCC(C)(C)C)nc3c2nnn3Cc2ncccc2Cl)C1. The molecular formula is C21H27ClN8O2. The van der Waals surface area contributed by atoms with Gasteiger partial charge in [0.05, 0.1) is 23.9 Å². The highest BCUT2D eigenvalue weighted by Gasteiger charge is 2.28. The molecule has 3 aromatic rings. The third-order valence-corrected chi connectivity index (χ3v) is 5.33. The van der Waals surface area contributed by atoms with Crippen LogP contribution in [0.5, 0.6) is 6.01 Å². The van der Waals surface area contributed by atoms with E-state index >= 15 is 0 Å². The molecule has 3 aromatic heterocycles. The van der Waals surface area contributed by atoms with E-state index < -0.39 is 0 Å². The van der Waals surface area contributed by atoms with E-state index in [4.69, 9.17) is 16.3 Å². The summed E-state index contributed by atoms with van der Waals surface area (Å²) in [6.45, 7) is 9.91. The second-order valence-electron chi connectivity index (χ2n) is 9.16. The van der Waals surface area contributed by atoms with E-state index in [1.165, 1.54) is 6.92 Å². The number of hydrogen-bond acceptors (Lipinski definition) is 8. The van der Waals surface area contributed by atoms with Gasteiger partial charge in [0.15, 0.2) is 17.0 Å². The van der Waals surface area contributed by atoms with E-state index in [9.17, 15) is 4.79 Å². The molecule has 1 amide bonds. The maximum Gasteiger partial charge on any atom is 0.320 e. The van der Waals surface area contributed by atoms with Crippen molar-refractivity contribution in [2.75, 3.05) is 24.6 Å². The van der Waals surface area contributed by atoms with E-state index in [-0.39, 0.29) is 23.4 Å². The van der Waals surface area contributed by atoms with E-state index in [2.05, 4.69) is 56.3 Å². The number of rotatable bonds is 6. The Morgan fingerprint density at radius 3 is 2.88 bits per heavy atom. The monoisotopic (exact) mass is 458 g/mol. The van der Waals surface area contributed by atoms with Crippen molar-refractivity contribution in [2.45, 2.75) is 46.7 Å². The average molecular weight is 459 g/mol. The summed E-state index contributed by atoms with van der Waals surface area (Å²) in [5.74, 6) is 0.599. The largest absolute Gasteiger partial charge is 0.463 e. The fraction of sp³-hybridized carbons (Fsp3) is 0.524. The molecular weight excluding hydrogens is 432 g/mol. The Hall–Kier alpha value is -3.01. The molecule has 32 heavy (non-hydrogen) atoms. The number of ether oxygens (including phenoxy) is 1. The minimum Gasteiger partial charge on any atom is -0.463 e. The second kappa shape index (κ2) is 8.85. The normalized spacial score (nSPS) is 16.5. The van der Waals surface area contributed by atoms with Gasteiger partial charge >= 0.3 is 6.01 Å². The molecule has 170 valence electrons. The van der Waals surface area contributed by atoms with Crippen LogP contribution in [0.1, 0.15) is 39.8 Å². The van der Waals surface area contributed by atoms with Crippen LogP contribution in [0, 0.1) is 5.41 Å². The van der Waals surface area contributed by atoms with Gasteiger partial charge in [0.1, 0.15) is 0 Å². The topological polar surface area (TPSA) is 111 Å². The second-order valence-corrected chi connectivity index (χ2v) is 9.57. The molecule has 0 aromatic carbocycles. The third-order valence-electron chi connectivity index (χ3n) is 4.99. The van der Waals surface area contributed by atoms with Crippen molar-refractivity contribution in [3.63, 3.8) is 0 Å². The number of hydrogen-bond donors (Lipinski definition) is 1. The lowest BCUT2D eigenvalue weighted by atomic mass is 9.99. The molecule has 1 unspecified atom stereocenters. The van der Waals surface area contributed by atoms with Crippen LogP contribution in [0.25, 0.3) is 11.2 Å². The van der Waals surface area contributed by atoms with Gasteiger partial charge in [-0.25, -0.2) is 4.68 Å². The molecule has 0 spiro atoms. The number of anilines is 1. The average Bonchev–Trinajstić information content (AvgIpc) is 3.34. The standard InChI is InChI=1S/C21H27ClN8O2/c1-13(31)24-14-7-9-29(10-14)18-17-19(26-20(25-18)32-12-21(2,3)4)30(28-27-17)11-16-15(22)6-5-8-23-16/h5-6,8,14H,7,9-12H2,1-4H3,(H,24,31). The Balaban J connectivity index is 1.70. The number of halogens is 1. The van der Waals surface area contributed by atoms with Gasteiger partial charge in [-0.3, -0.25) is 9.78 Å². The number of pyridine rings is 1. The maximum atomic E-state index is 11.5. The Morgan fingerprint density at radius 2 is 2.16 bits per heavy atom. The zero-order valence-electron chi connectivity index (χ0n) is 18.7. The molecule has 4 rings (SSSR count). The Morgan fingerprint density at radius 1 is 1.34 bits per heavy atom. The zero-order valence-corrected chi connectivity index (χ0v) is 19.4. The number of fused-ring (bicyclic) bond motifs is 1. The number of carbonyl (C=O) groups is 1. The third kappa shape index (κ3) is 5.07. The van der Waals surface area contributed by atoms with Gasteiger partial charge in [0, 0.05) is 32.3 Å². The lowest BCUT2D eigenvalue weighted by Gasteiger charge is -2.20. The molecule has 1 saturated heterocycles. The highest BCUT2D eigenvalue weighted by molar-refractivity contribution is 6.31. The maximum absolute atomic E-state index is 11.5. The molecule has 11 heteroatoms. The lowest BCUT2D eigenvalue weighted by Crippen LogP contribution is -2.35. The number of amides is 1. The van der Waals surface area contributed by atoms with Crippen molar-refractivity contribution in [2.24, 2.45) is 5.41 Å². The molecule has 1 aliphatic heterocycles. The smallest absolute Gasteiger partial charge is 0.320 e. The van der Waals surface area contributed by atoms with Gasteiger partial charge in [-0.2, -0.15) is 9.97 Å². The first-order valence-corrected chi connectivity index (χ1v) is 10.9. The lowest BCUT2D eigenvalue weighted by molar-refractivity contribution is -0.119. The fourth-order valence-electron chi connectivity index (χ4n) is 3.53. The molecule has 0 aliphatic carbocycles. The highest BCUT2D eigenvalue weighted by atomic mass is 35.5. The summed E-state index contributed by atoms with van der Waals surface area (Å²) in [6.07, 6.45) is 2.51. The number of aromatic nitrogens is 6. The minimum atomic E-state index is -0.0530. The van der Waals surface area contributed by atoms with Gasteiger partial charge < -0.3 is 15.0 Å². The van der Waals surface area contributed by atoms with Gasteiger partial charge in [-0.1, -0.05) is 37.6 Å². The molecule has 4 heterocycles. The molecule has 1 fully saturated rings. The van der Waals surface area contributed by atoms with E-state index in [0.29, 0.717) is 47.4 Å². The molecule has 10 nitrogen and oxygen atoms in total. The van der Waals surface area contributed by atoms with Gasteiger partial charge in [-0.05, 0) is 24.0 Å². The highest BCUT2D eigenvalue weighted by Crippen LogP contribution is 2.28. The van der Waals surface area contributed by atoms with Gasteiger partial charge in [0.2, 0.25) is 5.91 Å². The van der Waals surface area contributed by atoms with E-state index in [1.807, 2.05) is 0 Å². The van der Waals surface area contributed by atoms with E-state index in [1.54, 1.807) is 23.0 Å². The Labute approximate surface area is 191 Å². The van der Waals surface area contributed by atoms with Crippen molar-refractivity contribution in [3.05, 3.63) is 29.0 Å². The first kappa shape index (κ1) is 22.2. The number of nitrogens with one attached hydrogen (secondary N) is 1. The molecule has 0 bridgehead atoms. The van der Waals surface area contributed by atoms with Crippen molar-refractivity contribution >= 4 is 34.5 Å². The van der Waals surface area contributed by atoms with Crippen LogP contribution in [-0.2, 0) is 11.3 Å². The van der Waals surface area contributed by atoms with Crippen LogP contribution in [-0.4, -0.2) is 61.6 Å². The Bertz CT molecular complexity index is 1130. The van der Waals surface area contributed by atoms with Crippen LogP contribution >= 0.6 is 11.6 Å². The summed E-state index contributed by atoms with van der Waals surface area (Å²) in [5, 5.41) is 12.2. The van der Waals surface area contributed by atoms with Crippen molar-refractivity contribution < 1.29 is 9.53 Å². The molecule has 1 atom stereocenters. The van der Waals surface area contributed by atoms with Crippen LogP contribution in [0.2, 0.25) is 5.02 Å². The summed E-state index contributed by atoms with van der Waals surface area (Å²) in [4.78, 5) is 27.2. The Kier molecular flexibility index (Phi) is 6.14. The predicted octanol–water partition coefficient (Wildman–Crippen LogP) is 2.46. The summed E-state index contributed by atoms with van der Waals surface area (Å²) in [5.41, 5.74) is 1.74. The first-order valence-electron chi connectivity index (χ1n) is 10.5. The fourth-order valence-corrected chi connectivity index (χ4v) is 3.71. The molecule has 1 aliphatic rings. The van der Waals surface area contributed by atoms with Gasteiger partial charge in [-0.15, -0.1) is 5.10 Å². The van der Waals surface area contributed by atoms with Gasteiger partial charge in [0.25, 0.3) is 0 Å². The summed E-state index contributed by atoms with van der Waals surface area (Å²) < 4.78 is 7.59. The summed E-state index contributed by atoms with van der Waals surface area (Å²) in [7, 11) is 0. The van der Waals surface area contributed by atoms with Crippen LogP contribution in [0.4, 0.5) is 5.82 Å². The molecule has 0 saturated carbocycles. The van der Waals surface area contributed by atoms with Crippen molar-refractivity contribution in [3.8, 4) is 6.01 Å². The summed E-state index contributed by atoms with van der Waals surface area (Å²) >= 11 is 6.29.